The largest absolute Gasteiger partial charge is 0.508 e. The number of thioether (sulfide) groups is 1. The van der Waals surface area contributed by atoms with Gasteiger partial charge >= 0.3 is 0 Å². The molecule has 2 N–H and O–H groups in total. The van der Waals surface area contributed by atoms with Crippen molar-refractivity contribution in [1.82, 2.24) is 0 Å². The van der Waals surface area contributed by atoms with Crippen molar-refractivity contribution in [2.75, 3.05) is 5.75 Å². The molecule has 1 aromatic carbocycles. The predicted octanol–water partition coefficient (Wildman–Crippen LogP) is 2.35. The van der Waals surface area contributed by atoms with Crippen molar-refractivity contribution in [1.29, 1.82) is 0 Å². The number of aromatic hydroxyl groups is 1. The van der Waals surface area contributed by atoms with Gasteiger partial charge in [0.15, 0.2) is 0 Å². The van der Waals surface area contributed by atoms with Crippen molar-refractivity contribution in [2.45, 2.75) is 30.3 Å². The Bertz CT molecular complexity index is 336. The van der Waals surface area contributed by atoms with Gasteiger partial charge in [0.2, 0.25) is 0 Å². The Labute approximate surface area is 88.0 Å². The van der Waals surface area contributed by atoms with Gasteiger partial charge in [0, 0.05) is 10.6 Å². The molecule has 2 atom stereocenters. The summed E-state index contributed by atoms with van der Waals surface area (Å²) in [6, 6.07) is 5.50. The fraction of sp³-hybridized carbons (Fsp3) is 0.455. The van der Waals surface area contributed by atoms with E-state index in [0.29, 0.717) is 11.7 Å². The van der Waals surface area contributed by atoms with Crippen LogP contribution in [0.4, 0.5) is 0 Å². The second kappa shape index (κ2) is 3.83. The van der Waals surface area contributed by atoms with E-state index < -0.39 is 0 Å². The first-order chi connectivity index (χ1) is 6.66. The van der Waals surface area contributed by atoms with Crippen LogP contribution < -0.4 is 0 Å². The molecule has 0 amide bonds. The van der Waals surface area contributed by atoms with Crippen LogP contribution in [-0.4, -0.2) is 22.1 Å². The van der Waals surface area contributed by atoms with E-state index in [1.807, 2.05) is 19.1 Å². The van der Waals surface area contributed by atoms with E-state index in [-0.39, 0.29) is 6.10 Å². The summed E-state index contributed by atoms with van der Waals surface area (Å²) < 4.78 is 0. The van der Waals surface area contributed by atoms with Crippen LogP contribution in [0, 0.1) is 0 Å². The van der Waals surface area contributed by atoms with Gasteiger partial charge in [-0.2, -0.15) is 0 Å². The molecule has 1 aromatic rings. The first kappa shape index (κ1) is 9.87. The highest BCUT2D eigenvalue weighted by Gasteiger charge is 2.24. The summed E-state index contributed by atoms with van der Waals surface area (Å²) in [5.41, 5.74) is 1.19. The lowest BCUT2D eigenvalue weighted by molar-refractivity contribution is 0.177. The number of hydrogen-bond acceptors (Lipinski definition) is 3. The monoisotopic (exact) mass is 210 g/mol. The van der Waals surface area contributed by atoms with Crippen molar-refractivity contribution >= 4 is 11.8 Å². The van der Waals surface area contributed by atoms with Gasteiger partial charge < -0.3 is 10.2 Å². The van der Waals surface area contributed by atoms with Crippen molar-refractivity contribution in [3.63, 3.8) is 0 Å². The van der Waals surface area contributed by atoms with E-state index in [9.17, 15) is 10.2 Å². The SMILES string of the molecule is CC(O)CC1CSc2ccc(O)cc21. The Balaban J connectivity index is 2.24. The number of phenolic OH excluding ortho intramolecular Hbond substituents is 1. The third kappa shape index (κ3) is 1.88. The van der Waals surface area contributed by atoms with Crippen LogP contribution in [0.1, 0.15) is 24.8 Å². The van der Waals surface area contributed by atoms with Crippen LogP contribution in [-0.2, 0) is 0 Å². The number of phenols is 1. The number of fused-ring (bicyclic) bond motifs is 1. The molecule has 0 saturated heterocycles. The van der Waals surface area contributed by atoms with Crippen LogP contribution in [0.15, 0.2) is 23.1 Å². The van der Waals surface area contributed by atoms with Gasteiger partial charge in [0.1, 0.15) is 5.75 Å². The van der Waals surface area contributed by atoms with Gasteiger partial charge in [-0.15, -0.1) is 11.8 Å². The lowest BCUT2D eigenvalue weighted by Crippen LogP contribution is -2.07. The molecular formula is C11H14O2S. The zero-order valence-electron chi connectivity index (χ0n) is 8.10. The quantitative estimate of drug-likeness (QED) is 0.787. The Morgan fingerprint density at radius 2 is 2.36 bits per heavy atom. The van der Waals surface area contributed by atoms with Crippen LogP contribution in [0.2, 0.25) is 0 Å². The summed E-state index contributed by atoms with van der Waals surface area (Å²) in [4.78, 5) is 1.24. The molecule has 0 saturated carbocycles. The number of aliphatic hydroxyl groups excluding tert-OH is 1. The highest BCUT2D eigenvalue weighted by molar-refractivity contribution is 7.99. The topological polar surface area (TPSA) is 40.5 Å². The molecule has 0 aromatic heterocycles. The lowest BCUT2D eigenvalue weighted by atomic mass is 9.95. The molecule has 0 radical (unpaired) electrons. The molecule has 2 unspecified atom stereocenters. The van der Waals surface area contributed by atoms with Crippen LogP contribution >= 0.6 is 11.8 Å². The van der Waals surface area contributed by atoms with E-state index in [2.05, 4.69) is 0 Å². The van der Waals surface area contributed by atoms with Crippen LogP contribution in [0.5, 0.6) is 5.75 Å². The average molecular weight is 210 g/mol. The molecule has 1 aliphatic heterocycles. The van der Waals surface area contributed by atoms with Gasteiger partial charge in [-0.25, -0.2) is 0 Å². The number of rotatable bonds is 2. The Morgan fingerprint density at radius 3 is 3.07 bits per heavy atom. The first-order valence-electron chi connectivity index (χ1n) is 4.80. The molecule has 3 heteroatoms. The van der Waals surface area contributed by atoms with Gasteiger partial charge in [-0.1, -0.05) is 0 Å². The van der Waals surface area contributed by atoms with E-state index in [1.165, 1.54) is 10.5 Å². The third-order valence-corrected chi connectivity index (χ3v) is 3.75. The van der Waals surface area contributed by atoms with E-state index in [0.717, 1.165) is 12.2 Å². The molecule has 2 nitrogen and oxygen atoms in total. The minimum atomic E-state index is -0.270. The van der Waals surface area contributed by atoms with Gasteiger partial charge in [0.05, 0.1) is 6.10 Å². The Hall–Kier alpha value is -0.670. The average Bonchev–Trinajstić information content (AvgIpc) is 2.47. The smallest absolute Gasteiger partial charge is 0.115 e. The summed E-state index contributed by atoms with van der Waals surface area (Å²) in [6.07, 6.45) is 0.512. The normalized spacial score (nSPS) is 22.0. The van der Waals surface area contributed by atoms with Crippen LogP contribution in [0.3, 0.4) is 0 Å². The molecule has 0 fully saturated rings. The zero-order chi connectivity index (χ0) is 10.1. The molecular weight excluding hydrogens is 196 g/mol. The van der Waals surface area contributed by atoms with Gasteiger partial charge in [-0.05, 0) is 43.0 Å². The molecule has 1 heterocycles. The highest BCUT2D eigenvalue weighted by Crippen LogP contribution is 2.42. The minimum absolute atomic E-state index is 0.270. The van der Waals surface area contributed by atoms with Crippen molar-refractivity contribution < 1.29 is 10.2 Å². The molecule has 0 bridgehead atoms. The molecule has 2 rings (SSSR count). The molecule has 14 heavy (non-hydrogen) atoms. The third-order valence-electron chi connectivity index (χ3n) is 2.50. The Kier molecular flexibility index (Phi) is 2.70. The van der Waals surface area contributed by atoms with Crippen LogP contribution in [0.25, 0.3) is 0 Å². The molecule has 1 aliphatic rings. The van der Waals surface area contributed by atoms with Crippen molar-refractivity contribution in [2.24, 2.45) is 0 Å². The van der Waals surface area contributed by atoms with Crippen molar-refractivity contribution in [3.05, 3.63) is 23.8 Å². The number of benzene rings is 1. The summed E-state index contributed by atoms with van der Waals surface area (Å²) in [7, 11) is 0. The predicted molar refractivity (Wildman–Crippen MR) is 57.9 cm³/mol. The maximum absolute atomic E-state index is 9.38. The molecule has 0 aliphatic carbocycles. The summed E-state index contributed by atoms with van der Waals surface area (Å²) in [5.74, 6) is 1.73. The summed E-state index contributed by atoms with van der Waals surface area (Å²) >= 11 is 1.80. The second-order valence-corrected chi connectivity index (χ2v) is 4.88. The molecule has 76 valence electrons. The first-order valence-corrected chi connectivity index (χ1v) is 5.79. The maximum Gasteiger partial charge on any atom is 0.115 e. The van der Waals surface area contributed by atoms with Crippen molar-refractivity contribution in [3.8, 4) is 5.75 Å². The van der Waals surface area contributed by atoms with E-state index in [4.69, 9.17) is 0 Å². The van der Waals surface area contributed by atoms with Gasteiger partial charge in [-0.3, -0.25) is 0 Å². The molecule has 0 spiro atoms. The highest BCUT2D eigenvalue weighted by atomic mass is 32.2. The summed E-state index contributed by atoms with van der Waals surface area (Å²) in [6.45, 7) is 1.81. The van der Waals surface area contributed by atoms with E-state index >= 15 is 0 Å². The summed E-state index contributed by atoms with van der Waals surface area (Å²) in [5, 5.41) is 18.7. The zero-order valence-corrected chi connectivity index (χ0v) is 8.92. The Morgan fingerprint density at radius 1 is 1.57 bits per heavy atom. The van der Waals surface area contributed by atoms with Gasteiger partial charge in [0.25, 0.3) is 0 Å². The fourth-order valence-corrected chi connectivity index (χ4v) is 3.13. The maximum atomic E-state index is 9.38. The second-order valence-electron chi connectivity index (χ2n) is 3.81. The number of hydrogen-bond donors (Lipinski definition) is 2. The van der Waals surface area contributed by atoms with E-state index in [1.54, 1.807) is 17.8 Å². The minimum Gasteiger partial charge on any atom is -0.508 e. The number of aliphatic hydroxyl groups is 1. The lowest BCUT2D eigenvalue weighted by Gasteiger charge is -2.12. The fourth-order valence-electron chi connectivity index (χ4n) is 1.87. The standard InChI is InChI=1S/C11H14O2S/c1-7(12)4-8-6-14-11-3-2-9(13)5-10(8)11/h2-3,5,7-8,12-13H,4,6H2,1H3.